The molecule has 0 bridgehead atoms. The first-order valence-electron chi connectivity index (χ1n) is 5.99. The molecule has 1 aromatic rings. The number of rotatable bonds is 1. The lowest BCUT2D eigenvalue weighted by Gasteiger charge is -2.23. The first kappa shape index (κ1) is 11.3. The highest BCUT2D eigenvalue weighted by molar-refractivity contribution is 5.32. The van der Waals surface area contributed by atoms with Crippen molar-refractivity contribution in [2.45, 2.75) is 52.4 Å². The van der Waals surface area contributed by atoms with E-state index in [-0.39, 0.29) is 0 Å². The minimum Gasteiger partial charge on any atom is -0.0683 e. The lowest BCUT2D eigenvalue weighted by molar-refractivity contribution is 0.540. The predicted molar refractivity (Wildman–Crippen MR) is 63.8 cm³/mol. The number of hydrogen-bond donors (Lipinski definition) is 0. The Bertz CT molecular complexity index is 262. The van der Waals surface area contributed by atoms with Gasteiger partial charge in [-0.25, -0.2) is 0 Å². The maximum atomic E-state index is 2.31. The third-order valence-corrected chi connectivity index (χ3v) is 2.99. The SMILES string of the molecule is CC.CC[C@@H]1CCCc2ccccc21. The first-order chi connectivity index (χ1) is 6.92. The molecule has 0 unspecified atom stereocenters. The number of benzene rings is 1. The van der Waals surface area contributed by atoms with Crippen LogP contribution in [0.4, 0.5) is 0 Å². The summed E-state index contributed by atoms with van der Waals surface area (Å²) < 4.78 is 0. The summed E-state index contributed by atoms with van der Waals surface area (Å²) in [7, 11) is 0. The highest BCUT2D eigenvalue weighted by Gasteiger charge is 2.17. The van der Waals surface area contributed by atoms with Crippen LogP contribution in [-0.2, 0) is 6.42 Å². The van der Waals surface area contributed by atoms with Gasteiger partial charge in [-0.15, -0.1) is 0 Å². The van der Waals surface area contributed by atoms with Crippen molar-refractivity contribution < 1.29 is 0 Å². The van der Waals surface area contributed by atoms with E-state index in [0.29, 0.717) is 0 Å². The Kier molecular flexibility index (Phi) is 4.72. The summed E-state index contributed by atoms with van der Waals surface area (Å²) in [6.07, 6.45) is 5.38. The molecule has 14 heavy (non-hydrogen) atoms. The Labute approximate surface area is 88.4 Å². The van der Waals surface area contributed by atoms with Crippen LogP contribution < -0.4 is 0 Å². The third-order valence-electron chi connectivity index (χ3n) is 2.99. The highest BCUT2D eigenvalue weighted by Crippen LogP contribution is 2.33. The van der Waals surface area contributed by atoms with Crippen LogP contribution in [0.3, 0.4) is 0 Å². The molecule has 0 saturated heterocycles. The van der Waals surface area contributed by atoms with Crippen LogP contribution in [0.5, 0.6) is 0 Å². The Morgan fingerprint density at radius 3 is 2.64 bits per heavy atom. The largest absolute Gasteiger partial charge is 0.0683 e. The van der Waals surface area contributed by atoms with E-state index in [1.807, 2.05) is 13.8 Å². The molecule has 0 radical (unpaired) electrons. The molecule has 0 aromatic heterocycles. The molecule has 0 spiro atoms. The van der Waals surface area contributed by atoms with Gasteiger partial charge in [0.25, 0.3) is 0 Å². The van der Waals surface area contributed by atoms with E-state index in [2.05, 4.69) is 31.2 Å². The standard InChI is InChI=1S/C12H16.C2H6/c1-2-10-7-5-8-11-6-3-4-9-12(10)11;1-2/h3-4,6,9-10H,2,5,7-8H2,1H3;1-2H3/t10-;/m1./s1. The third kappa shape index (κ3) is 2.37. The summed E-state index contributed by atoms with van der Waals surface area (Å²) in [6.45, 7) is 6.30. The van der Waals surface area contributed by atoms with Gasteiger partial charge in [0.15, 0.2) is 0 Å². The van der Waals surface area contributed by atoms with Crippen molar-refractivity contribution in [3.8, 4) is 0 Å². The van der Waals surface area contributed by atoms with Crippen molar-refractivity contribution in [2.75, 3.05) is 0 Å². The molecule has 1 aromatic carbocycles. The molecule has 0 N–H and O–H groups in total. The lowest BCUT2D eigenvalue weighted by atomic mass is 9.81. The van der Waals surface area contributed by atoms with Crippen LogP contribution in [0.25, 0.3) is 0 Å². The van der Waals surface area contributed by atoms with Gasteiger partial charge in [0, 0.05) is 0 Å². The topological polar surface area (TPSA) is 0 Å². The van der Waals surface area contributed by atoms with Crippen molar-refractivity contribution in [1.29, 1.82) is 0 Å². The van der Waals surface area contributed by atoms with Crippen LogP contribution >= 0.6 is 0 Å². The van der Waals surface area contributed by atoms with Crippen LogP contribution in [0.15, 0.2) is 24.3 Å². The number of aryl methyl sites for hydroxylation is 1. The Morgan fingerprint density at radius 1 is 1.21 bits per heavy atom. The van der Waals surface area contributed by atoms with Crippen molar-refractivity contribution in [2.24, 2.45) is 0 Å². The van der Waals surface area contributed by atoms with Gasteiger partial charge < -0.3 is 0 Å². The maximum Gasteiger partial charge on any atom is -0.0162 e. The van der Waals surface area contributed by atoms with Gasteiger partial charge in [0.2, 0.25) is 0 Å². The highest BCUT2D eigenvalue weighted by atomic mass is 14.2. The molecule has 0 amide bonds. The Morgan fingerprint density at radius 2 is 1.93 bits per heavy atom. The molecule has 78 valence electrons. The molecule has 1 atom stereocenters. The fraction of sp³-hybridized carbons (Fsp3) is 0.571. The second-order valence-corrected chi connectivity index (χ2v) is 3.70. The molecular weight excluding hydrogens is 168 g/mol. The summed E-state index contributed by atoms with van der Waals surface area (Å²) in [5.74, 6) is 0.843. The van der Waals surface area contributed by atoms with Gasteiger partial charge in [-0.2, -0.15) is 0 Å². The van der Waals surface area contributed by atoms with E-state index in [1.165, 1.54) is 25.7 Å². The van der Waals surface area contributed by atoms with Gasteiger partial charge in [-0.05, 0) is 42.7 Å². The van der Waals surface area contributed by atoms with Gasteiger partial charge in [0.1, 0.15) is 0 Å². The minimum absolute atomic E-state index is 0.843. The van der Waals surface area contributed by atoms with Crippen molar-refractivity contribution >= 4 is 0 Å². The van der Waals surface area contributed by atoms with Gasteiger partial charge in [0.05, 0.1) is 0 Å². The van der Waals surface area contributed by atoms with Crippen LogP contribution in [0.1, 0.15) is 57.1 Å². The summed E-state index contributed by atoms with van der Waals surface area (Å²) in [5, 5.41) is 0. The minimum atomic E-state index is 0.843. The second kappa shape index (κ2) is 5.85. The van der Waals surface area contributed by atoms with Gasteiger partial charge in [-0.1, -0.05) is 45.0 Å². The molecular formula is C14H22. The molecule has 1 aliphatic carbocycles. The van der Waals surface area contributed by atoms with Crippen molar-refractivity contribution in [1.82, 2.24) is 0 Å². The summed E-state index contributed by atoms with van der Waals surface area (Å²) in [5.41, 5.74) is 3.21. The van der Waals surface area contributed by atoms with E-state index in [4.69, 9.17) is 0 Å². The van der Waals surface area contributed by atoms with Crippen molar-refractivity contribution in [3.05, 3.63) is 35.4 Å². The molecule has 0 saturated carbocycles. The molecule has 0 fully saturated rings. The van der Waals surface area contributed by atoms with Crippen molar-refractivity contribution in [3.63, 3.8) is 0 Å². The summed E-state index contributed by atoms with van der Waals surface area (Å²) >= 11 is 0. The number of fused-ring (bicyclic) bond motifs is 1. The second-order valence-electron chi connectivity index (χ2n) is 3.70. The Balaban J connectivity index is 0.000000461. The number of hydrogen-bond acceptors (Lipinski definition) is 0. The van der Waals surface area contributed by atoms with E-state index in [1.54, 1.807) is 11.1 Å². The van der Waals surface area contributed by atoms with Crippen LogP contribution in [0, 0.1) is 0 Å². The fourth-order valence-corrected chi connectivity index (χ4v) is 2.28. The predicted octanol–water partition coefficient (Wildman–Crippen LogP) is 4.54. The average molecular weight is 190 g/mol. The van der Waals surface area contributed by atoms with E-state index in [0.717, 1.165) is 5.92 Å². The smallest absolute Gasteiger partial charge is 0.0162 e. The van der Waals surface area contributed by atoms with Gasteiger partial charge >= 0.3 is 0 Å². The van der Waals surface area contributed by atoms with E-state index < -0.39 is 0 Å². The van der Waals surface area contributed by atoms with Gasteiger partial charge in [-0.3, -0.25) is 0 Å². The molecule has 0 nitrogen and oxygen atoms in total. The zero-order chi connectivity index (χ0) is 10.4. The van der Waals surface area contributed by atoms with Crippen LogP contribution in [0.2, 0.25) is 0 Å². The zero-order valence-corrected chi connectivity index (χ0v) is 9.72. The normalized spacial score (nSPS) is 19.2. The first-order valence-corrected chi connectivity index (χ1v) is 5.99. The monoisotopic (exact) mass is 190 g/mol. The zero-order valence-electron chi connectivity index (χ0n) is 9.72. The Hall–Kier alpha value is -0.780. The molecule has 2 rings (SSSR count). The summed E-state index contributed by atoms with van der Waals surface area (Å²) in [4.78, 5) is 0. The summed E-state index contributed by atoms with van der Waals surface area (Å²) in [6, 6.07) is 8.93. The molecule has 0 heterocycles. The quantitative estimate of drug-likeness (QED) is 0.609. The molecule has 0 heteroatoms. The average Bonchev–Trinajstić information content (AvgIpc) is 2.31. The van der Waals surface area contributed by atoms with E-state index in [9.17, 15) is 0 Å². The van der Waals surface area contributed by atoms with Crippen LogP contribution in [-0.4, -0.2) is 0 Å². The lowest BCUT2D eigenvalue weighted by Crippen LogP contribution is -2.08. The molecule has 0 aliphatic heterocycles. The molecule has 1 aliphatic rings. The van der Waals surface area contributed by atoms with E-state index >= 15 is 0 Å². The fourth-order valence-electron chi connectivity index (χ4n) is 2.28. The maximum absolute atomic E-state index is 2.31.